The molecule has 2 aromatic heterocycles. The number of aryl methyl sites for hydroxylation is 1. The van der Waals surface area contributed by atoms with Crippen LogP contribution in [0.3, 0.4) is 0 Å². The Morgan fingerprint density at radius 3 is 2.56 bits per heavy atom. The average Bonchev–Trinajstić information content (AvgIpc) is 3.27. The van der Waals surface area contributed by atoms with E-state index in [4.69, 9.17) is 27.9 Å². The minimum absolute atomic E-state index is 0.186. The van der Waals surface area contributed by atoms with Crippen molar-refractivity contribution in [1.82, 2.24) is 24.5 Å². The van der Waals surface area contributed by atoms with Crippen molar-refractivity contribution in [2.45, 2.75) is 26.7 Å². The molecule has 7 nitrogen and oxygen atoms in total. The lowest BCUT2D eigenvalue weighted by atomic mass is 10.3. The fourth-order valence-corrected chi connectivity index (χ4v) is 2.75. The molecular formula is C18H19Cl2N5O2. The number of carbonyl (C=O) groups excluding carboxylic acids is 1. The monoisotopic (exact) mass is 407 g/mol. The molecular weight excluding hydrogens is 389 g/mol. The molecule has 0 atom stereocenters. The maximum Gasteiger partial charge on any atom is 0.274 e. The lowest BCUT2D eigenvalue weighted by Gasteiger charge is -2.14. The molecule has 2 heterocycles. The Kier molecular flexibility index (Phi) is 6.03. The molecule has 27 heavy (non-hydrogen) atoms. The van der Waals surface area contributed by atoms with Crippen LogP contribution in [0.1, 0.15) is 23.1 Å². The molecule has 142 valence electrons. The molecule has 0 aliphatic rings. The third-order valence-electron chi connectivity index (χ3n) is 3.88. The molecule has 1 aromatic carbocycles. The SMILES string of the molecule is CCn1cc(Cl)c(CN(C)C(=O)c2ccn(COc3ccc(Cl)cc3)n2)n1. The van der Waals surface area contributed by atoms with E-state index < -0.39 is 0 Å². The molecule has 3 aromatic rings. The minimum atomic E-state index is -0.220. The zero-order valence-corrected chi connectivity index (χ0v) is 16.5. The van der Waals surface area contributed by atoms with Gasteiger partial charge in [-0.15, -0.1) is 0 Å². The van der Waals surface area contributed by atoms with Crippen LogP contribution in [0.15, 0.2) is 42.7 Å². The highest BCUT2D eigenvalue weighted by Gasteiger charge is 2.18. The normalized spacial score (nSPS) is 10.8. The third-order valence-corrected chi connectivity index (χ3v) is 4.45. The predicted octanol–water partition coefficient (Wildman–Crippen LogP) is 3.72. The summed E-state index contributed by atoms with van der Waals surface area (Å²) in [7, 11) is 1.69. The Hall–Kier alpha value is -2.51. The van der Waals surface area contributed by atoms with Crippen LogP contribution in [0.25, 0.3) is 0 Å². The van der Waals surface area contributed by atoms with Gasteiger partial charge in [-0.1, -0.05) is 23.2 Å². The van der Waals surface area contributed by atoms with Crippen molar-refractivity contribution in [3.63, 3.8) is 0 Å². The third kappa shape index (κ3) is 4.81. The summed E-state index contributed by atoms with van der Waals surface area (Å²) in [5.74, 6) is 0.448. The first kappa shape index (κ1) is 19.3. The van der Waals surface area contributed by atoms with Gasteiger partial charge in [-0.3, -0.25) is 9.48 Å². The number of halogens is 2. The number of ether oxygens (including phenoxy) is 1. The number of benzene rings is 1. The second-order valence-electron chi connectivity index (χ2n) is 5.91. The molecule has 9 heteroatoms. The van der Waals surface area contributed by atoms with Crippen LogP contribution in [0.5, 0.6) is 5.75 Å². The van der Waals surface area contributed by atoms with Crippen LogP contribution in [0.4, 0.5) is 0 Å². The first-order valence-electron chi connectivity index (χ1n) is 8.35. The minimum Gasteiger partial charge on any atom is -0.471 e. The van der Waals surface area contributed by atoms with Gasteiger partial charge in [0.15, 0.2) is 12.4 Å². The number of carbonyl (C=O) groups is 1. The summed E-state index contributed by atoms with van der Waals surface area (Å²) < 4.78 is 8.90. The Bertz CT molecular complexity index is 920. The highest BCUT2D eigenvalue weighted by molar-refractivity contribution is 6.31. The molecule has 0 spiro atoms. The number of rotatable bonds is 7. The van der Waals surface area contributed by atoms with E-state index in [1.165, 1.54) is 4.90 Å². The lowest BCUT2D eigenvalue weighted by Crippen LogP contribution is -2.27. The van der Waals surface area contributed by atoms with Crippen LogP contribution in [0, 0.1) is 0 Å². The number of aromatic nitrogens is 4. The first-order valence-corrected chi connectivity index (χ1v) is 9.11. The van der Waals surface area contributed by atoms with E-state index in [0.29, 0.717) is 33.7 Å². The van der Waals surface area contributed by atoms with E-state index in [1.807, 2.05) is 6.92 Å². The zero-order valence-electron chi connectivity index (χ0n) is 15.0. The van der Waals surface area contributed by atoms with Crippen molar-refractivity contribution in [2.75, 3.05) is 7.05 Å². The van der Waals surface area contributed by atoms with Crippen LogP contribution in [0.2, 0.25) is 10.0 Å². The summed E-state index contributed by atoms with van der Waals surface area (Å²) >= 11 is 12.0. The molecule has 0 unspecified atom stereocenters. The van der Waals surface area contributed by atoms with E-state index in [-0.39, 0.29) is 12.6 Å². The molecule has 0 saturated carbocycles. The number of amides is 1. The summed E-state index contributed by atoms with van der Waals surface area (Å²) in [6.07, 6.45) is 3.44. The smallest absolute Gasteiger partial charge is 0.274 e. The molecule has 3 rings (SSSR count). The van der Waals surface area contributed by atoms with Crippen molar-refractivity contribution in [2.24, 2.45) is 0 Å². The van der Waals surface area contributed by atoms with Gasteiger partial charge in [0.25, 0.3) is 5.91 Å². The number of hydrogen-bond donors (Lipinski definition) is 0. The van der Waals surface area contributed by atoms with Gasteiger partial charge < -0.3 is 9.64 Å². The van der Waals surface area contributed by atoms with E-state index >= 15 is 0 Å². The number of nitrogens with zero attached hydrogens (tertiary/aromatic N) is 5. The van der Waals surface area contributed by atoms with Crippen molar-refractivity contribution in [3.05, 3.63) is 64.2 Å². The van der Waals surface area contributed by atoms with Crippen LogP contribution in [-0.2, 0) is 19.8 Å². The van der Waals surface area contributed by atoms with E-state index in [0.717, 1.165) is 6.54 Å². The van der Waals surface area contributed by atoms with Crippen LogP contribution >= 0.6 is 23.2 Å². The summed E-state index contributed by atoms with van der Waals surface area (Å²) in [5, 5.41) is 9.80. The maximum absolute atomic E-state index is 12.6. The van der Waals surface area contributed by atoms with Gasteiger partial charge in [0.2, 0.25) is 0 Å². The Morgan fingerprint density at radius 2 is 1.89 bits per heavy atom. The van der Waals surface area contributed by atoms with Crippen LogP contribution < -0.4 is 4.74 Å². The van der Waals surface area contributed by atoms with Gasteiger partial charge >= 0.3 is 0 Å². The molecule has 0 N–H and O–H groups in total. The van der Waals surface area contributed by atoms with E-state index in [1.54, 1.807) is 59.1 Å². The highest BCUT2D eigenvalue weighted by atomic mass is 35.5. The van der Waals surface area contributed by atoms with Crippen molar-refractivity contribution < 1.29 is 9.53 Å². The van der Waals surface area contributed by atoms with Gasteiger partial charge in [0.05, 0.1) is 11.6 Å². The second kappa shape index (κ2) is 8.45. The van der Waals surface area contributed by atoms with Crippen molar-refractivity contribution in [3.8, 4) is 5.75 Å². The first-order chi connectivity index (χ1) is 13.0. The standard InChI is InChI=1S/C18H19Cl2N5O2/c1-3-24-10-15(20)17(22-24)11-23(2)18(26)16-8-9-25(21-16)12-27-14-6-4-13(19)5-7-14/h4-10H,3,11-12H2,1-2H3. The molecule has 0 saturated heterocycles. The summed E-state index contributed by atoms with van der Waals surface area (Å²) in [6, 6.07) is 8.68. The largest absolute Gasteiger partial charge is 0.471 e. The quantitative estimate of drug-likeness (QED) is 0.598. The molecule has 1 amide bonds. The van der Waals surface area contributed by atoms with Gasteiger partial charge in [-0.05, 0) is 37.3 Å². The molecule has 0 bridgehead atoms. The zero-order chi connectivity index (χ0) is 19.4. The summed E-state index contributed by atoms with van der Waals surface area (Å²) in [4.78, 5) is 14.1. The van der Waals surface area contributed by atoms with E-state index in [2.05, 4.69) is 10.2 Å². The van der Waals surface area contributed by atoms with Gasteiger partial charge in [-0.2, -0.15) is 10.2 Å². The second-order valence-corrected chi connectivity index (χ2v) is 6.75. The molecule has 0 aliphatic carbocycles. The molecule has 0 aliphatic heterocycles. The predicted molar refractivity (Wildman–Crippen MR) is 103 cm³/mol. The van der Waals surface area contributed by atoms with Gasteiger partial charge in [-0.25, -0.2) is 4.68 Å². The van der Waals surface area contributed by atoms with E-state index in [9.17, 15) is 4.79 Å². The Labute approximate surface area is 167 Å². The Balaban J connectivity index is 1.59. The van der Waals surface area contributed by atoms with Gasteiger partial charge in [0, 0.05) is 31.0 Å². The topological polar surface area (TPSA) is 65.2 Å². The maximum atomic E-state index is 12.6. The summed E-state index contributed by atoms with van der Waals surface area (Å²) in [6.45, 7) is 3.18. The van der Waals surface area contributed by atoms with Gasteiger partial charge in [0.1, 0.15) is 11.4 Å². The highest BCUT2D eigenvalue weighted by Crippen LogP contribution is 2.17. The lowest BCUT2D eigenvalue weighted by molar-refractivity contribution is 0.0775. The molecule has 0 radical (unpaired) electrons. The Morgan fingerprint density at radius 1 is 1.15 bits per heavy atom. The fourth-order valence-electron chi connectivity index (χ4n) is 2.42. The molecule has 0 fully saturated rings. The number of hydrogen-bond acceptors (Lipinski definition) is 4. The summed E-state index contributed by atoms with van der Waals surface area (Å²) in [5.41, 5.74) is 0.975. The van der Waals surface area contributed by atoms with Crippen LogP contribution in [-0.4, -0.2) is 37.4 Å². The fraction of sp³-hybridized carbons (Fsp3) is 0.278. The average molecular weight is 408 g/mol. The van der Waals surface area contributed by atoms with Crippen molar-refractivity contribution in [1.29, 1.82) is 0 Å². The van der Waals surface area contributed by atoms with Crippen molar-refractivity contribution >= 4 is 29.1 Å².